The maximum atomic E-state index is 6.27. The van der Waals surface area contributed by atoms with Crippen LogP contribution in [0.15, 0.2) is 0 Å². The summed E-state index contributed by atoms with van der Waals surface area (Å²) in [5.41, 5.74) is -0.347. The summed E-state index contributed by atoms with van der Waals surface area (Å²) in [5, 5.41) is 0. The fourth-order valence-electron chi connectivity index (χ4n) is 5.83. The van der Waals surface area contributed by atoms with Crippen molar-refractivity contribution in [3.8, 4) is 0 Å². The molecule has 0 unspecified atom stereocenters. The number of hydrogen-bond acceptors (Lipinski definition) is 4. The molecule has 0 aliphatic carbocycles. The minimum Gasteiger partial charge on any atom is -0.355 e. The lowest BCUT2D eigenvalue weighted by atomic mass is 10.7. The van der Waals surface area contributed by atoms with Crippen LogP contribution in [-0.2, 0) is 9.47 Å². The van der Waals surface area contributed by atoms with Crippen molar-refractivity contribution in [3.05, 3.63) is 0 Å². The standard InChI is InChI=1S/C21H50N2O2Si3/c1-10-24-21(9,25-11-2)26-20-22(27(12-3,13-4)14-5)18-19-23(20)28(15-6,16-7)17-8/h20H,10-19,26H2,1-9H3. The zero-order chi connectivity index (χ0) is 21.4. The van der Waals surface area contributed by atoms with Crippen molar-refractivity contribution in [2.24, 2.45) is 0 Å². The van der Waals surface area contributed by atoms with Crippen LogP contribution in [0.3, 0.4) is 0 Å². The second kappa shape index (κ2) is 11.8. The monoisotopic (exact) mass is 446 g/mol. The van der Waals surface area contributed by atoms with E-state index >= 15 is 0 Å². The van der Waals surface area contributed by atoms with Gasteiger partial charge in [0.1, 0.15) is 31.4 Å². The van der Waals surface area contributed by atoms with E-state index < -0.39 is 26.0 Å². The smallest absolute Gasteiger partial charge is 0.145 e. The van der Waals surface area contributed by atoms with Crippen molar-refractivity contribution in [1.82, 2.24) is 9.13 Å². The first kappa shape index (κ1) is 26.5. The van der Waals surface area contributed by atoms with Gasteiger partial charge in [0.25, 0.3) is 0 Å². The van der Waals surface area contributed by atoms with E-state index in [4.69, 9.17) is 9.47 Å². The van der Waals surface area contributed by atoms with Gasteiger partial charge in [-0.25, -0.2) is 0 Å². The molecule has 0 aromatic rings. The molecule has 0 amide bonds. The lowest BCUT2D eigenvalue weighted by molar-refractivity contribution is -0.164. The molecule has 0 aromatic carbocycles. The molecule has 1 saturated heterocycles. The largest absolute Gasteiger partial charge is 0.355 e. The zero-order valence-electron chi connectivity index (χ0n) is 20.6. The second-order valence-electron chi connectivity index (χ2n) is 8.64. The average Bonchev–Trinajstić information content (AvgIpc) is 3.10. The summed E-state index contributed by atoms with van der Waals surface area (Å²) in [4.78, 5) is 0. The van der Waals surface area contributed by atoms with E-state index in [1.807, 2.05) is 0 Å². The van der Waals surface area contributed by atoms with Crippen LogP contribution in [0, 0.1) is 0 Å². The Balaban J connectivity index is 3.39. The first-order chi connectivity index (χ1) is 13.3. The Morgan fingerprint density at radius 1 is 0.714 bits per heavy atom. The van der Waals surface area contributed by atoms with Gasteiger partial charge in [0.15, 0.2) is 0 Å². The molecule has 0 atom stereocenters. The summed E-state index contributed by atoms with van der Waals surface area (Å²) in [6.07, 6.45) is 0. The van der Waals surface area contributed by atoms with Crippen LogP contribution in [0.4, 0.5) is 0 Å². The van der Waals surface area contributed by atoms with Gasteiger partial charge in [-0.2, -0.15) is 0 Å². The highest BCUT2D eigenvalue weighted by molar-refractivity contribution is 6.80. The van der Waals surface area contributed by atoms with E-state index in [1.54, 1.807) is 0 Å². The van der Waals surface area contributed by atoms with Crippen LogP contribution in [0.5, 0.6) is 0 Å². The van der Waals surface area contributed by atoms with Crippen molar-refractivity contribution < 1.29 is 9.47 Å². The molecule has 0 saturated carbocycles. The number of hydrogen-bond donors (Lipinski definition) is 0. The fourth-order valence-corrected chi connectivity index (χ4v) is 19.1. The first-order valence-electron chi connectivity index (χ1n) is 12.1. The Morgan fingerprint density at radius 2 is 1.04 bits per heavy atom. The maximum absolute atomic E-state index is 6.27. The highest BCUT2D eigenvalue weighted by Crippen LogP contribution is 2.37. The first-order valence-corrected chi connectivity index (χ1v) is 18.8. The van der Waals surface area contributed by atoms with Crippen molar-refractivity contribution >= 4 is 26.0 Å². The van der Waals surface area contributed by atoms with E-state index in [0.717, 1.165) is 13.2 Å². The highest BCUT2D eigenvalue weighted by Gasteiger charge is 2.52. The molecule has 168 valence electrons. The quantitative estimate of drug-likeness (QED) is 0.282. The maximum Gasteiger partial charge on any atom is 0.145 e. The molecule has 1 heterocycles. The lowest BCUT2D eigenvalue weighted by Crippen LogP contribution is -2.66. The fraction of sp³-hybridized carbons (Fsp3) is 1.00. The summed E-state index contributed by atoms with van der Waals surface area (Å²) >= 11 is 0. The molecule has 0 spiro atoms. The average molecular weight is 447 g/mol. The molecule has 0 aromatic heterocycles. The number of rotatable bonds is 14. The van der Waals surface area contributed by atoms with Gasteiger partial charge in [-0.05, 0) is 57.0 Å². The lowest BCUT2D eigenvalue weighted by Gasteiger charge is -2.50. The molecule has 0 N–H and O–H groups in total. The summed E-state index contributed by atoms with van der Waals surface area (Å²) < 4.78 is 18.7. The molecule has 4 nitrogen and oxygen atoms in total. The van der Waals surface area contributed by atoms with Gasteiger partial charge < -0.3 is 18.6 Å². The Labute approximate surface area is 180 Å². The van der Waals surface area contributed by atoms with Crippen molar-refractivity contribution in [3.63, 3.8) is 0 Å². The van der Waals surface area contributed by atoms with E-state index in [0.29, 0.717) is 5.79 Å². The Bertz CT molecular complexity index is 395. The number of nitrogens with zero attached hydrogens (tertiary/aromatic N) is 2. The summed E-state index contributed by atoms with van der Waals surface area (Å²) in [6.45, 7) is 25.2. The molecule has 1 fully saturated rings. The molecular weight excluding hydrogens is 397 g/mol. The molecule has 7 heteroatoms. The zero-order valence-corrected chi connectivity index (χ0v) is 24.0. The molecule has 0 bridgehead atoms. The van der Waals surface area contributed by atoms with Gasteiger partial charge in [0.2, 0.25) is 0 Å². The predicted molar refractivity (Wildman–Crippen MR) is 132 cm³/mol. The van der Waals surface area contributed by atoms with E-state index in [9.17, 15) is 0 Å². The summed E-state index contributed by atoms with van der Waals surface area (Å²) in [7, 11) is -3.48. The summed E-state index contributed by atoms with van der Waals surface area (Å²) in [6, 6.07) is 8.24. The van der Waals surface area contributed by atoms with Crippen LogP contribution in [0.1, 0.15) is 62.3 Å². The highest BCUT2D eigenvalue weighted by atomic mass is 28.3. The van der Waals surface area contributed by atoms with Gasteiger partial charge in [-0.1, -0.05) is 41.5 Å². The molecule has 1 aliphatic rings. The minimum atomic E-state index is -1.41. The molecular formula is C21H50N2O2Si3. The van der Waals surface area contributed by atoms with Crippen molar-refractivity contribution in [2.75, 3.05) is 26.3 Å². The Morgan fingerprint density at radius 3 is 1.29 bits per heavy atom. The van der Waals surface area contributed by atoms with Crippen LogP contribution >= 0.6 is 0 Å². The van der Waals surface area contributed by atoms with E-state index in [2.05, 4.69) is 71.4 Å². The molecule has 0 radical (unpaired) electrons. The predicted octanol–water partition coefficient (Wildman–Crippen LogP) is 4.81. The van der Waals surface area contributed by atoms with Gasteiger partial charge in [-0.15, -0.1) is 0 Å². The molecule has 1 rings (SSSR count). The van der Waals surface area contributed by atoms with Crippen molar-refractivity contribution in [2.45, 2.75) is 110 Å². The summed E-state index contributed by atoms with van der Waals surface area (Å²) in [5.74, 6) is 0.626. The Hall–Kier alpha value is 0.491. The Kier molecular flexibility index (Phi) is 11.1. The second-order valence-corrected chi connectivity index (χ2v) is 21.4. The van der Waals surface area contributed by atoms with Gasteiger partial charge in [-0.3, -0.25) is 0 Å². The molecule has 1 aliphatic heterocycles. The van der Waals surface area contributed by atoms with Gasteiger partial charge >= 0.3 is 0 Å². The normalized spacial score (nSPS) is 18.8. The van der Waals surface area contributed by atoms with Crippen LogP contribution in [0.25, 0.3) is 0 Å². The topological polar surface area (TPSA) is 24.9 Å². The van der Waals surface area contributed by atoms with Crippen LogP contribution in [-0.4, -0.2) is 72.6 Å². The number of ether oxygens (including phenoxy) is 2. The minimum absolute atomic E-state index is 0.347. The molecule has 28 heavy (non-hydrogen) atoms. The third kappa shape index (κ3) is 5.39. The van der Waals surface area contributed by atoms with E-state index in [-0.39, 0.29) is 5.41 Å². The van der Waals surface area contributed by atoms with Gasteiger partial charge in [0.05, 0.1) is 0 Å². The van der Waals surface area contributed by atoms with Crippen molar-refractivity contribution in [1.29, 1.82) is 0 Å². The third-order valence-corrected chi connectivity index (χ3v) is 22.4. The third-order valence-electron chi connectivity index (χ3n) is 7.92. The van der Waals surface area contributed by atoms with Crippen LogP contribution < -0.4 is 0 Å². The van der Waals surface area contributed by atoms with Crippen LogP contribution in [0.2, 0.25) is 36.3 Å². The van der Waals surface area contributed by atoms with Gasteiger partial charge in [0, 0.05) is 32.1 Å². The SMILES string of the molecule is CCOC(C)(OCC)[SiH2]C1N([Si](CC)(CC)CC)CCN1[Si](CC)(CC)CC. The van der Waals surface area contributed by atoms with E-state index in [1.165, 1.54) is 49.4 Å².